The Hall–Kier alpha value is -1.09. The largest absolute Gasteiger partial charge is 0.325 e. The zero-order valence-corrected chi connectivity index (χ0v) is 12.3. The van der Waals surface area contributed by atoms with E-state index in [1.165, 1.54) is 24.8 Å². The molecule has 1 aliphatic carbocycles. The van der Waals surface area contributed by atoms with Crippen molar-refractivity contribution < 1.29 is 0 Å². The monoisotopic (exact) mass is 277 g/mol. The molecular weight excluding hydrogens is 258 g/mol. The van der Waals surface area contributed by atoms with Gasteiger partial charge in [-0.3, -0.25) is 4.98 Å². The summed E-state index contributed by atoms with van der Waals surface area (Å²) < 4.78 is 2.41. The van der Waals surface area contributed by atoms with Crippen molar-refractivity contribution >= 4 is 22.6 Å². The van der Waals surface area contributed by atoms with Crippen molar-refractivity contribution in [1.29, 1.82) is 0 Å². The van der Waals surface area contributed by atoms with Crippen molar-refractivity contribution in [3.63, 3.8) is 0 Å². The first-order valence-corrected chi connectivity index (χ1v) is 7.51. The highest BCUT2D eigenvalue weighted by molar-refractivity contribution is 6.17. The molecule has 0 N–H and O–H groups in total. The molecule has 1 fully saturated rings. The minimum Gasteiger partial charge on any atom is -0.325 e. The third-order valence-electron chi connectivity index (χ3n) is 4.19. The number of aryl methyl sites for hydroxylation is 1. The van der Waals surface area contributed by atoms with Gasteiger partial charge in [-0.25, -0.2) is 4.98 Å². The molecule has 4 heteroatoms. The predicted octanol–water partition coefficient (Wildman–Crippen LogP) is 3.96. The van der Waals surface area contributed by atoms with Crippen LogP contribution in [0.5, 0.6) is 0 Å². The van der Waals surface area contributed by atoms with E-state index in [4.69, 9.17) is 16.6 Å². The molecule has 2 heterocycles. The maximum absolute atomic E-state index is 5.93. The lowest BCUT2D eigenvalue weighted by Gasteiger charge is -2.20. The molecule has 1 atom stereocenters. The van der Waals surface area contributed by atoms with Gasteiger partial charge in [0.25, 0.3) is 0 Å². The van der Waals surface area contributed by atoms with Crippen molar-refractivity contribution in [2.24, 2.45) is 5.41 Å². The summed E-state index contributed by atoms with van der Waals surface area (Å²) in [4.78, 5) is 8.88. The van der Waals surface area contributed by atoms with E-state index in [0.717, 1.165) is 17.8 Å². The maximum atomic E-state index is 5.93. The third kappa shape index (κ3) is 2.36. The van der Waals surface area contributed by atoms with E-state index in [0.29, 0.717) is 17.3 Å². The van der Waals surface area contributed by atoms with Crippen molar-refractivity contribution in [2.75, 3.05) is 5.88 Å². The number of rotatable bonds is 3. The van der Waals surface area contributed by atoms with Gasteiger partial charge in [-0.15, -0.1) is 11.6 Å². The Kier molecular flexibility index (Phi) is 3.25. The highest BCUT2D eigenvalue weighted by Gasteiger charge is 2.33. The Labute approximate surface area is 119 Å². The Morgan fingerprint density at radius 3 is 3.00 bits per heavy atom. The predicted molar refractivity (Wildman–Crippen MR) is 78.6 cm³/mol. The van der Waals surface area contributed by atoms with Crippen LogP contribution in [0.25, 0.3) is 11.0 Å². The molecule has 2 aromatic heterocycles. The molecule has 0 spiro atoms. The van der Waals surface area contributed by atoms with E-state index in [1.807, 2.05) is 12.4 Å². The molecule has 0 bridgehead atoms. The van der Waals surface area contributed by atoms with Crippen LogP contribution in [0.15, 0.2) is 18.5 Å². The Balaban J connectivity index is 2.07. The summed E-state index contributed by atoms with van der Waals surface area (Å²) in [6.07, 6.45) is 8.26. The molecule has 19 heavy (non-hydrogen) atoms. The molecule has 2 aromatic rings. The fourth-order valence-corrected chi connectivity index (χ4v) is 3.46. The second-order valence-corrected chi connectivity index (χ2v) is 6.64. The summed E-state index contributed by atoms with van der Waals surface area (Å²) in [5, 5.41) is 0. The average Bonchev–Trinajstić information content (AvgIpc) is 2.89. The normalized spacial score (nSPS) is 22.2. The number of fused-ring (bicyclic) bond motifs is 1. The molecule has 1 unspecified atom stereocenters. The Morgan fingerprint density at radius 2 is 2.32 bits per heavy atom. The van der Waals surface area contributed by atoms with Gasteiger partial charge in [0.1, 0.15) is 11.3 Å². The van der Waals surface area contributed by atoms with E-state index in [2.05, 4.69) is 29.5 Å². The number of pyridine rings is 1. The lowest BCUT2D eigenvalue weighted by atomic mass is 9.92. The van der Waals surface area contributed by atoms with Gasteiger partial charge >= 0.3 is 0 Å². The van der Waals surface area contributed by atoms with Gasteiger partial charge in [0.15, 0.2) is 0 Å². The van der Waals surface area contributed by atoms with Gasteiger partial charge in [0.05, 0.1) is 11.7 Å². The molecule has 0 aromatic carbocycles. The standard InChI is InChI=1S/C15H20ClN3/c1-15(2)6-3-11(9-15)19-13-5-8-17-10-12(13)18-14(19)4-7-16/h5,8,10-11H,3-4,6-7,9H2,1-2H3. The Morgan fingerprint density at radius 1 is 1.47 bits per heavy atom. The smallest absolute Gasteiger partial charge is 0.111 e. The number of imidazole rings is 1. The van der Waals surface area contributed by atoms with Crippen LogP contribution in [0.3, 0.4) is 0 Å². The highest BCUT2D eigenvalue weighted by Crippen LogP contribution is 2.44. The summed E-state index contributed by atoms with van der Waals surface area (Å²) in [6, 6.07) is 2.63. The van der Waals surface area contributed by atoms with E-state index in [9.17, 15) is 0 Å². The van der Waals surface area contributed by atoms with Crippen LogP contribution in [0, 0.1) is 5.41 Å². The summed E-state index contributed by atoms with van der Waals surface area (Å²) in [5.41, 5.74) is 2.64. The van der Waals surface area contributed by atoms with E-state index >= 15 is 0 Å². The van der Waals surface area contributed by atoms with Crippen LogP contribution in [0.4, 0.5) is 0 Å². The minimum atomic E-state index is 0.437. The first-order valence-electron chi connectivity index (χ1n) is 6.97. The van der Waals surface area contributed by atoms with E-state index < -0.39 is 0 Å². The van der Waals surface area contributed by atoms with Gasteiger partial charge in [0, 0.05) is 24.5 Å². The van der Waals surface area contributed by atoms with Crippen LogP contribution in [-0.4, -0.2) is 20.4 Å². The van der Waals surface area contributed by atoms with Crippen LogP contribution < -0.4 is 0 Å². The summed E-state index contributed by atoms with van der Waals surface area (Å²) in [7, 11) is 0. The fourth-order valence-electron chi connectivity index (χ4n) is 3.29. The maximum Gasteiger partial charge on any atom is 0.111 e. The van der Waals surface area contributed by atoms with Gasteiger partial charge in [-0.05, 0) is 30.7 Å². The summed E-state index contributed by atoms with van der Waals surface area (Å²) >= 11 is 5.93. The van der Waals surface area contributed by atoms with Crippen molar-refractivity contribution in [2.45, 2.75) is 45.6 Å². The second kappa shape index (κ2) is 4.78. The van der Waals surface area contributed by atoms with Gasteiger partial charge in [-0.1, -0.05) is 13.8 Å². The molecular formula is C15H20ClN3. The van der Waals surface area contributed by atoms with Crippen LogP contribution in [0.1, 0.15) is 45.0 Å². The van der Waals surface area contributed by atoms with Crippen molar-refractivity contribution in [3.8, 4) is 0 Å². The molecule has 0 saturated heterocycles. The number of hydrogen-bond donors (Lipinski definition) is 0. The number of halogens is 1. The zero-order valence-electron chi connectivity index (χ0n) is 11.6. The van der Waals surface area contributed by atoms with Crippen LogP contribution in [0.2, 0.25) is 0 Å². The molecule has 3 nitrogen and oxygen atoms in total. The van der Waals surface area contributed by atoms with Crippen molar-refractivity contribution in [3.05, 3.63) is 24.3 Å². The Bertz CT molecular complexity index is 588. The van der Waals surface area contributed by atoms with Crippen molar-refractivity contribution in [1.82, 2.24) is 14.5 Å². The molecule has 0 amide bonds. The minimum absolute atomic E-state index is 0.437. The molecule has 102 valence electrons. The van der Waals surface area contributed by atoms with Crippen LogP contribution in [-0.2, 0) is 6.42 Å². The van der Waals surface area contributed by atoms with Gasteiger partial charge in [0.2, 0.25) is 0 Å². The van der Waals surface area contributed by atoms with E-state index in [1.54, 1.807) is 0 Å². The lowest BCUT2D eigenvalue weighted by Crippen LogP contribution is -2.12. The highest BCUT2D eigenvalue weighted by atomic mass is 35.5. The number of nitrogens with zero attached hydrogens (tertiary/aromatic N) is 3. The average molecular weight is 278 g/mol. The molecule has 1 aliphatic rings. The second-order valence-electron chi connectivity index (χ2n) is 6.26. The molecule has 1 saturated carbocycles. The molecule has 0 radical (unpaired) electrons. The summed E-state index contributed by atoms with van der Waals surface area (Å²) in [6.45, 7) is 4.71. The summed E-state index contributed by atoms with van der Waals surface area (Å²) in [5.74, 6) is 1.73. The van der Waals surface area contributed by atoms with Gasteiger partial charge < -0.3 is 4.57 Å². The first-order chi connectivity index (χ1) is 9.11. The number of hydrogen-bond acceptors (Lipinski definition) is 2. The first kappa shape index (κ1) is 12.9. The zero-order chi connectivity index (χ0) is 13.5. The third-order valence-corrected chi connectivity index (χ3v) is 4.38. The topological polar surface area (TPSA) is 30.7 Å². The SMILES string of the molecule is CC1(C)CCC(n2c(CCCl)nc3cnccc32)C1. The molecule has 0 aliphatic heterocycles. The van der Waals surface area contributed by atoms with Gasteiger partial charge in [-0.2, -0.15) is 0 Å². The van der Waals surface area contributed by atoms with E-state index in [-0.39, 0.29) is 0 Å². The molecule has 3 rings (SSSR count). The van der Waals surface area contributed by atoms with Crippen LogP contribution >= 0.6 is 11.6 Å². The number of aromatic nitrogens is 3. The quantitative estimate of drug-likeness (QED) is 0.795. The lowest BCUT2D eigenvalue weighted by molar-refractivity contribution is 0.358. The number of alkyl halides is 1. The fraction of sp³-hybridized carbons (Fsp3) is 0.600.